The van der Waals surface area contributed by atoms with E-state index in [0.717, 1.165) is 11.3 Å². The monoisotopic (exact) mass is 313 g/mol. The number of para-hydroxylation sites is 1. The highest BCUT2D eigenvalue weighted by atomic mass is 32.2. The van der Waals surface area contributed by atoms with E-state index in [9.17, 15) is 0 Å². The van der Waals surface area contributed by atoms with Crippen molar-refractivity contribution in [3.05, 3.63) is 52.2 Å². The van der Waals surface area contributed by atoms with Gasteiger partial charge in [0, 0.05) is 33.5 Å². The predicted octanol–water partition coefficient (Wildman–Crippen LogP) is 4.26. The third-order valence-electron chi connectivity index (χ3n) is 3.07. The Bertz CT molecular complexity index is 759. The van der Waals surface area contributed by atoms with E-state index in [1.54, 1.807) is 23.1 Å². The van der Waals surface area contributed by atoms with E-state index in [4.69, 9.17) is 5.11 Å². The summed E-state index contributed by atoms with van der Waals surface area (Å²) in [4.78, 5) is 4.71. The molecule has 0 atom stereocenters. The van der Waals surface area contributed by atoms with Gasteiger partial charge in [-0.1, -0.05) is 30.0 Å². The number of aliphatic hydroxyl groups is 1. The SMILES string of the molecule is OCCC#Cc1ccsc1CSc1cc2ccccc2[nH]1. The molecule has 2 aromatic heterocycles. The van der Waals surface area contributed by atoms with Gasteiger partial charge >= 0.3 is 0 Å². The molecule has 0 unspecified atom stereocenters. The molecule has 0 saturated carbocycles. The smallest absolute Gasteiger partial charge is 0.0736 e. The Morgan fingerprint density at radius 1 is 1.24 bits per heavy atom. The summed E-state index contributed by atoms with van der Waals surface area (Å²) in [5.74, 6) is 7.03. The van der Waals surface area contributed by atoms with Crippen molar-refractivity contribution in [3.63, 3.8) is 0 Å². The maximum atomic E-state index is 8.78. The van der Waals surface area contributed by atoms with Crippen LogP contribution in [0.3, 0.4) is 0 Å². The summed E-state index contributed by atoms with van der Waals surface area (Å²) in [6.45, 7) is 0.121. The maximum absolute atomic E-state index is 8.78. The molecule has 21 heavy (non-hydrogen) atoms. The fourth-order valence-corrected chi connectivity index (χ4v) is 3.94. The van der Waals surface area contributed by atoms with Gasteiger partial charge in [-0.05, 0) is 23.6 Å². The van der Waals surface area contributed by atoms with Crippen LogP contribution in [0.25, 0.3) is 10.9 Å². The molecule has 0 spiro atoms. The number of thioether (sulfide) groups is 1. The maximum Gasteiger partial charge on any atom is 0.0736 e. The molecule has 0 fully saturated rings. The van der Waals surface area contributed by atoms with Gasteiger partial charge in [0.05, 0.1) is 11.6 Å². The molecule has 0 radical (unpaired) electrons. The lowest BCUT2D eigenvalue weighted by molar-refractivity contribution is 0.305. The highest BCUT2D eigenvalue weighted by molar-refractivity contribution is 7.98. The summed E-state index contributed by atoms with van der Waals surface area (Å²) < 4.78 is 0. The van der Waals surface area contributed by atoms with E-state index >= 15 is 0 Å². The number of hydrogen-bond acceptors (Lipinski definition) is 3. The molecule has 2 N–H and O–H groups in total. The van der Waals surface area contributed by atoms with Gasteiger partial charge < -0.3 is 10.1 Å². The van der Waals surface area contributed by atoms with E-state index < -0.39 is 0 Å². The average molecular weight is 313 g/mol. The minimum Gasteiger partial charge on any atom is -0.395 e. The van der Waals surface area contributed by atoms with Crippen LogP contribution in [0.4, 0.5) is 0 Å². The molecular formula is C17H15NOS2. The first kappa shape index (κ1) is 14.3. The Kier molecular flexibility index (Phi) is 4.66. The topological polar surface area (TPSA) is 36.0 Å². The van der Waals surface area contributed by atoms with Crippen LogP contribution in [0.15, 0.2) is 46.8 Å². The second-order valence-corrected chi connectivity index (χ2v) is 6.56. The van der Waals surface area contributed by atoms with Gasteiger partial charge in [0.15, 0.2) is 0 Å². The number of H-pyrrole nitrogens is 1. The molecule has 0 bridgehead atoms. The van der Waals surface area contributed by atoms with Crippen molar-refractivity contribution >= 4 is 34.0 Å². The number of benzene rings is 1. The average Bonchev–Trinajstić information content (AvgIpc) is 3.11. The van der Waals surface area contributed by atoms with E-state index in [2.05, 4.69) is 52.5 Å². The van der Waals surface area contributed by atoms with Gasteiger partial charge in [0.2, 0.25) is 0 Å². The second kappa shape index (κ2) is 6.86. The Hall–Kier alpha value is -1.67. The molecule has 0 aliphatic heterocycles. The molecule has 3 rings (SSSR count). The molecule has 1 aromatic carbocycles. The molecule has 2 heterocycles. The lowest BCUT2D eigenvalue weighted by Crippen LogP contribution is -1.81. The van der Waals surface area contributed by atoms with Crippen LogP contribution in [0.2, 0.25) is 0 Å². The zero-order valence-corrected chi connectivity index (χ0v) is 13.1. The van der Waals surface area contributed by atoms with E-state index in [1.165, 1.54) is 20.8 Å². The normalized spacial score (nSPS) is 10.5. The number of fused-ring (bicyclic) bond motifs is 1. The zero-order valence-electron chi connectivity index (χ0n) is 11.4. The lowest BCUT2D eigenvalue weighted by Gasteiger charge is -1.97. The summed E-state index contributed by atoms with van der Waals surface area (Å²) in [6.07, 6.45) is 0.532. The van der Waals surface area contributed by atoms with E-state index in [1.807, 2.05) is 6.07 Å². The molecule has 3 aromatic rings. The van der Waals surface area contributed by atoms with Gasteiger partial charge in [0.1, 0.15) is 0 Å². The Labute approximate surface area is 132 Å². The largest absolute Gasteiger partial charge is 0.395 e. The standard InChI is InChI=1S/C17H15NOS2/c19-9-4-3-5-13-8-10-20-16(13)12-21-17-11-14-6-1-2-7-15(14)18-17/h1-2,6-8,10-11,18-19H,4,9,12H2. The number of aromatic nitrogens is 1. The van der Waals surface area contributed by atoms with Crippen LogP contribution in [0, 0.1) is 11.8 Å². The first-order valence-electron chi connectivity index (χ1n) is 6.73. The van der Waals surface area contributed by atoms with Crippen LogP contribution in [-0.4, -0.2) is 16.7 Å². The van der Waals surface area contributed by atoms with Gasteiger partial charge in [-0.15, -0.1) is 23.1 Å². The van der Waals surface area contributed by atoms with Crippen molar-refractivity contribution in [3.8, 4) is 11.8 Å². The van der Waals surface area contributed by atoms with Crippen LogP contribution in [0.1, 0.15) is 16.9 Å². The van der Waals surface area contributed by atoms with Crippen LogP contribution in [0.5, 0.6) is 0 Å². The van der Waals surface area contributed by atoms with Crippen LogP contribution < -0.4 is 0 Å². The third-order valence-corrected chi connectivity index (χ3v) is 5.14. The molecule has 4 heteroatoms. The molecular weight excluding hydrogens is 298 g/mol. The summed E-state index contributed by atoms with van der Waals surface area (Å²) in [5.41, 5.74) is 2.26. The lowest BCUT2D eigenvalue weighted by atomic mass is 10.2. The van der Waals surface area contributed by atoms with Gasteiger partial charge in [0.25, 0.3) is 0 Å². The predicted molar refractivity (Wildman–Crippen MR) is 90.8 cm³/mol. The summed E-state index contributed by atoms with van der Waals surface area (Å²) in [7, 11) is 0. The minimum atomic E-state index is 0.121. The fraction of sp³-hybridized carbons (Fsp3) is 0.176. The summed E-state index contributed by atoms with van der Waals surface area (Å²) in [6, 6.07) is 12.5. The minimum absolute atomic E-state index is 0.121. The number of aliphatic hydroxyl groups excluding tert-OH is 1. The van der Waals surface area contributed by atoms with Gasteiger partial charge in [-0.25, -0.2) is 0 Å². The molecule has 0 aliphatic carbocycles. The van der Waals surface area contributed by atoms with E-state index in [-0.39, 0.29) is 6.61 Å². The Morgan fingerprint density at radius 2 is 2.14 bits per heavy atom. The number of hydrogen-bond donors (Lipinski definition) is 2. The van der Waals surface area contributed by atoms with Crippen molar-refractivity contribution in [1.82, 2.24) is 4.98 Å². The fourth-order valence-electron chi connectivity index (χ4n) is 2.05. The Morgan fingerprint density at radius 3 is 3.00 bits per heavy atom. The molecule has 2 nitrogen and oxygen atoms in total. The van der Waals surface area contributed by atoms with Gasteiger partial charge in [-0.3, -0.25) is 0 Å². The highest BCUT2D eigenvalue weighted by Crippen LogP contribution is 2.29. The molecule has 0 saturated heterocycles. The Balaban J connectivity index is 1.70. The first-order chi connectivity index (χ1) is 10.4. The van der Waals surface area contributed by atoms with Crippen molar-refractivity contribution in [1.29, 1.82) is 0 Å². The van der Waals surface area contributed by atoms with Crippen LogP contribution in [-0.2, 0) is 5.75 Å². The van der Waals surface area contributed by atoms with E-state index in [0.29, 0.717) is 6.42 Å². The third kappa shape index (κ3) is 3.51. The van der Waals surface area contributed by atoms with Crippen molar-refractivity contribution in [2.45, 2.75) is 17.2 Å². The quantitative estimate of drug-likeness (QED) is 0.558. The second-order valence-electron chi connectivity index (χ2n) is 4.54. The number of thiophene rings is 1. The number of rotatable bonds is 4. The summed E-state index contributed by atoms with van der Waals surface area (Å²) in [5, 5.41) is 13.3. The molecule has 0 aliphatic rings. The zero-order chi connectivity index (χ0) is 14.5. The van der Waals surface area contributed by atoms with Crippen LogP contribution >= 0.6 is 23.1 Å². The van der Waals surface area contributed by atoms with Crippen molar-refractivity contribution < 1.29 is 5.11 Å². The molecule has 0 amide bonds. The van der Waals surface area contributed by atoms with Crippen molar-refractivity contribution in [2.24, 2.45) is 0 Å². The van der Waals surface area contributed by atoms with Gasteiger partial charge in [-0.2, -0.15) is 0 Å². The highest BCUT2D eigenvalue weighted by Gasteiger charge is 2.05. The molecule has 106 valence electrons. The number of nitrogens with one attached hydrogen (secondary N) is 1. The number of aromatic amines is 1. The summed E-state index contributed by atoms with van der Waals surface area (Å²) >= 11 is 3.53. The van der Waals surface area contributed by atoms with Crippen molar-refractivity contribution in [2.75, 3.05) is 6.61 Å². The first-order valence-corrected chi connectivity index (χ1v) is 8.60.